The van der Waals surface area contributed by atoms with Crippen molar-refractivity contribution in [3.63, 3.8) is 0 Å². The van der Waals surface area contributed by atoms with E-state index in [-0.39, 0.29) is 47.0 Å². The van der Waals surface area contributed by atoms with Crippen molar-refractivity contribution in [3.05, 3.63) is 17.2 Å². The number of aryl methyl sites for hydroxylation is 1. The Labute approximate surface area is 185 Å². The molecule has 0 saturated heterocycles. The number of sulfonamides is 1. The first-order chi connectivity index (χ1) is 14.2. The van der Waals surface area contributed by atoms with Gasteiger partial charge in [0, 0.05) is 17.1 Å². The van der Waals surface area contributed by atoms with Crippen LogP contribution in [0.1, 0.15) is 25.3 Å². The van der Waals surface area contributed by atoms with Crippen LogP contribution >= 0.6 is 34.5 Å². The molecule has 2 N–H and O–H groups in total. The summed E-state index contributed by atoms with van der Waals surface area (Å²) in [7, 11) is -4.55. The first-order valence-electron chi connectivity index (χ1n) is 8.79. The van der Waals surface area contributed by atoms with Crippen LogP contribution in [0, 0.1) is 11.6 Å². The Bertz CT molecular complexity index is 1030. The normalized spacial score (nSPS) is 11.6. The Morgan fingerprint density at radius 3 is 2.10 bits per heavy atom. The van der Waals surface area contributed by atoms with E-state index in [4.69, 9.17) is 37.8 Å². The SMILES string of the molecule is CCc1c(S(=O)(=O)NC(=O)O)sc2c(F)c(OCCCCl)c(OCCCCl)c(F)c12. The predicted molar refractivity (Wildman–Crippen MR) is 111 cm³/mol. The maximum Gasteiger partial charge on any atom is 0.418 e. The van der Waals surface area contributed by atoms with E-state index >= 15 is 8.78 Å². The highest BCUT2D eigenvalue weighted by Gasteiger charge is 2.32. The monoisotopic (exact) mass is 505 g/mol. The maximum absolute atomic E-state index is 15.4. The van der Waals surface area contributed by atoms with Gasteiger partial charge in [-0.1, -0.05) is 6.92 Å². The third-order valence-electron chi connectivity index (χ3n) is 3.86. The van der Waals surface area contributed by atoms with Gasteiger partial charge in [0.05, 0.1) is 17.9 Å². The van der Waals surface area contributed by atoms with Gasteiger partial charge in [-0.05, 0) is 24.8 Å². The molecule has 2 aromatic rings. The minimum Gasteiger partial charge on any atom is -0.487 e. The maximum atomic E-state index is 15.4. The lowest BCUT2D eigenvalue weighted by atomic mass is 10.1. The first kappa shape index (κ1) is 24.7. The van der Waals surface area contributed by atoms with Crippen molar-refractivity contribution in [1.82, 2.24) is 4.72 Å². The molecule has 30 heavy (non-hydrogen) atoms. The van der Waals surface area contributed by atoms with Crippen molar-refractivity contribution in [3.8, 4) is 11.5 Å². The number of rotatable bonds is 11. The molecular weight excluding hydrogens is 487 g/mol. The minimum atomic E-state index is -4.55. The molecule has 0 atom stereocenters. The van der Waals surface area contributed by atoms with Gasteiger partial charge in [0.15, 0.2) is 11.6 Å². The van der Waals surface area contributed by atoms with Gasteiger partial charge in [0.1, 0.15) is 4.21 Å². The summed E-state index contributed by atoms with van der Waals surface area (Å²) in [6, 6.07) is 0. The van der Waals surface area contributed by atoms with Crippen LogP contribution < -0.4 is 14.2 Å². The number of thiophene rings is 1. The number of carboxylic acid groups (broad SMARTS) is 1. The average molecular weight is 506 g/mol. The lowest BCUT2D eigenvalue weighted by molar-refractivity contribution is 0.201. The van der Waals surface area contributed by atoms with E-state index in [2.05, 4.69) is 0 Å². The largest absolute Gasteiger partial charge is 0.487 e. The number of halogens is 4. The number of alkyl halides is 2. The quantitative estimate of drug-likeness (QED) is 0.338. The van der Waals surface area contributed by atoms with E-state index in [9.17, 15) is 13.2 Å². The van der Waals surface area contributed by atoms with Crippen LogP contribution in [0.3, 0.4) is 0 Å². The number of carbonyl (C=O) groups is 1. The molecule has 0 aliphatic carbocycles. The van der Waals surface area contributed by atoms with E-state index in [1.54, 1.807) is 0 Å². The van der Waals surface area contributed by atoms with E-state index in [1.807, 2.05) is 0 Å². The van der Waals surface area contributed by atoms with Crippen molar-refractivity contribution in [2.45, 2.75) is 30.4 Å². The lowest BCUT2D eigenvalue weighted by Crippen LogP contribution is -2.28. The Morgan fingerprint density at radius 1 is 1.10 bits per heavy atom. The second-order valence-electron chi connectivity index (χ2n) is 5.90. The standard InChI is InChI=1S/C17H19Cl2F2NO6S2/c1-2-9-10-11(20)13(27-7-3-5-18)14(28-8-4-6-19)12(21)15(10)29-16(9)30(25,26)22-17(23)24/h22H,2-8H2,1H3,(H,23,24). The minimum absolute atomic E-state index is 0.000204. The molecule has 13 heteroatoms. The van der Waals surface area contributed by atoms with Crippen molar-refractivity contribution in [1.29, 1.82) is 0 Å². The van der Waals surface area contributed by atoms with Crippen LogP contribution in [-0.2, 0) is 16.4 Å². The molecule has 0 aliphatic rings. The average Bonchev–Trinajstić information content (AvgIpc) is 3.08. The Kier molecular flexibility index (Phi) is 8.77. The third kappa shape index (κ3) is 5.19. The molecule has 0 bridgehead atoms. The van der Waals surface area contributed by atoms with Crippen molar-refractivity contribution >= 4 is 60.7 Å². The van der Waals surface area contributed by atoms with Gasteiger partial charge in [0.25, 0.3) is 10.0 Å². The molecule has 0 aliphatic heterocycles. The van der Waals surface area contributed by atoms with Gasteiger partial charge in [-0.2, -0.15) is 0 Å². The van der Waals surface area contributed by atoms with E-state index in [1.165, 1.54) is 11.6 Å². The van der Waals surface area contributed by atoms with Crippen molar-refractivity contribution in [2.24, 2.45) is 0 Å². The number of fused-ring (bicyclic) bond motifs is 1. The fraction of sp³-hybridized carbons (Fsp3) is 0.471. The summed E-state index contributed by atoms with van der Waals surface area (Å²) in [5.41, 5.74) is -0.0605. The number of benzene rings is 1. The smallest absolute Gasteiger partial charge is 0.418 e. The summed E-state index contributed by atoms with van der Waals surface area (Å²) in [6.07, 6.45) is -1.10. The molecule has 1 aromatic heterocycles. The van der Waals surface area contributed by atoms with E-state index < -0.39 is 43.5 Å². The number of nitrogens with one attached hydrogen (secondary N) is 1. The van der Waals surface area contributed by atoms with Crippen molar-refractivity contribution < 1.29 is 36.6 Å². The summed E-state index contributed by atoms with van der Waals surface area (Å²) in [6.45, 7) is 1.50. The zero-order valence-electron chi connectivity index (χ0n) is 15.8. The number of hydrogen-bond acceptors (Lipinski definition) is 6. The topological polar surface area (TPSA) is 102 Å². The molecule has 0 fully saturated rings. The summed E-state index contributed by atoms with van der Waals surface area (Å²) in [5, 5.41) is 8.50. The van der Waals surface area contributed by atoms with Crippen LogP contribution in [0.25, 0.3) is 10.1 Å². The highest BCUT2D eigenvalue weighted by atomic mass is 35.5. The fourth-order valence-electron chi connectivity index (χ4n) is 2.66. The van der Waals surface area contributed by atoms with Crippen LogP contribution in [0.4, 0.5) is 13.6 Å². The fourth-order valence-corrected chi connectivity index (χ4v) is 5.64. The van der Waals surface area contributed by atoms with E-state index in [0.717, 1.165) is 0 Å². The molecule has 7 nitrogen and oxygen atoms in total. The zero-order valence-corrected chi connectivity index (χ0v) is 18.9. The highest BCUT2D eigenvalue weighted by molar-refractivity contribution is 7.92. The van der Waals surface area contributed by atoms with Gasteiger partial charge in [0.2, 0.25) is 11.5 Å². The summed E-state index contributed by atoms with van der Waals surface area (Å²) in [5.74, 6) is -2.53. The summed E-state index contributed by atoms with van der Waals surface area (Å²) >= 11 is 11.6. The molecule has 2 rings (SSSR count). The molecule has 0 radical (unpaired) electrons. The molecule has 1 amide bonds. The third-order valence-corrected chi connectivity index (χ3v) is 7.50. The molecule has 168 valence electrons. The van der Waals surface area contributed by atoms with Crippen LogP contribution in [0.15, 0.2) is 4.21 Å². The number of hydrogen-bond donors (Lipinski definition) is 2. The summed E-state index contributed by atoms with van der Waals surface area (Å²) < 4.78 is 66.7. The van der Waals surface area contributed by atoms with Gasteiger partial charge >= 0.3 is 6.09 Å². The van der Waals surface area contributed by atoms with Crippen LogP contribution in [0.2, 0.25) is 0 Å². The zero-order chi connectivity index (χ0) is 22.5. The molecule has 1 aromatic carbocycles. The van der Waals surface area contributed by atoms with Crippen LogP contribution in [0.5, 0.6) is 11.5 Å². The van der Waals surface area contributed by atoms with Gasteiger partial charge in [-0.3, -0.25) is 0 Å². The Hall–Kier alpha value is -1.56. The van der Waals surface area contributed by atoms with Gasteiger partial charge < -0.3 is 14.6 Å². The second-order valence-corrected chi connectivity index (χ2v) is 9.56. The lowest BCUT2D eigenvalue weighted by Gasteiger charge is -2.15. The molecule has 0 saturated carbocycles. The first-order valence-corrected chi connectivity index (χ1v) is 12.2. The van der Waals surface area contributed by atoms with Crippen LogP contribution in [-0.4, -0.2) is 44.6 Å². The molecule has 1 heterocycles. The summed E-state index contributed by atoms with van der Waals surface area (Å²) in [4.78, 5) is 10.8. The number of amides is 1. The Morgan fingerprint density at radius 2 is 1.63 bits per heavy atom. The van der Waals surface area contributed by atoms with E-state index in [0.29, 0.717) is 24.2 Å². The number of ether oxygens (including phenoxy) is 2. The Balaban J connectivity index is 2.76. The second kappa shape index (κ2) is 10.7. The van der Waals surface area contributed by atoms with Gasteiger partial charge in [-0.25, -0.2) is 26.7 Å². The molecule has 0 unspecified atom stereocenters. The molecule has 0 spiro atoms. The predicted octanol–water partition coefficient (Wildman–Crippen LogP) is 4.71. The van der Waals surface area contributed by atoms with Gasteiger partial charge in [-0.15, -0.1) is 34.5 Å². The highest BCUT2D eigenvalue weighted by Crippen LogP contribution is 2.46. The molecular formula is C17H19Cl2F2NO6S2. The van der Waals surface area contributed by atoms with Crippen molar-refractivity contribution in [2.75, 3.05) is 25.0 Å².